The van der Waals surface area contributed by atoms with Crippen molar-refractivity contribution in [1.82, 2.24) is 14.9 Å². The number of fused-ring (bicyclic) bond motifs is 1. The second kappa shape index (κ2) is 5.87. The molecule has 1 aromatic rings. The summed E-state index contributed by atoms with van der Waals surface area (Å²) >= 11 is 0. The molecule has 19 heavy (non-hydrogen) atoms. The van der Waals surface area contributed by atoms with Crippen LogP contribution in [0.15, 0.2) is 6.33 Å². The second-order valence-electron chi connectivity index (χ2n) is 6.01. The first-order valence-corrected chi connectivity index (χ1v) is 7.58. The van der Waals surface area contributed by atoms with Gasteiger partial charge < -0.3 is 10.2 Å². The average Bonchev–Trinajstić information content (AvgIpc) is 2.69. The summed E-state index contributed by atoms with van der Waals surface area (Å²) in [5.41, 5.74) is 2.66. The van der Waals surface area contributed by atoms with Gasteiger partial charge in [0.05, 0.1) is 0 Å². The molecule has 0 saturated carbocycles. The molecule has 1 unspecified atom stereocenters. The lowest BCUT2D eigenvalue weighted by Gasteiger charge is -2.15. The van der Waals surface area contributed by atoms with Crippen LogP contribution in [-0.2, 0) is 12.8 Å². The molecule has 4 heteroatoms. The first-order chi connectivity index (χ1) is 9.33. The summed E-state index contributed by atoms with van der Waals surface area (Å²) in [6.07, 6.45) is 9.17. The van der Waals surface area contributed by atoms with Gasteiger partial charge in [-0.3, -0.25) is 0 Å². The van der Waals surface area contributed by atoms with Crippen molar-refractivity contribution < 1.29 is 0 Å². The van der Waals surface area contributed by atoms with E-state index in [1.54, 1.807) is 6.33 Å². The van der Waals surface area contributed by atoms with Crippen LogP contribution in [0.1, 0.15) is 36.9 Å². The highest BCUT2D eigenvalue weighted by molar-refractivity contribution is 5.46. The molecule has 104 valence electrons. The van der Waals surface area contributed by atoms with E-state index < -0.39 is 0 Å². The highest BCUT2D eigenvalue weighted by Crippen LogP contribution is 2.24. The molecule has 4 nitrogen and oxygen atoms in total. The summed E-state index contributed by atoms with van der Waals surface area (Å²) in [5, 5.41) is 3.59. The molecule has 3 rings (SSSR count). The Morgan fingerprint density at radius 3 is 3.00 bits per heavy atom. The van der Waals surface area contributed by atoms with E-state index in [-0.39, 0.29) is 0 Å². The number of hydrogen-bond acceptors (Lipinski definition) is 4. The topological polar surface area (TPSA) is 41.0 Å². The Hall–Kier alpha value is -1.16. The maximum Gasteiger partial charge on any atom is 0.132 e. The van der Waals surface area contributed by atoms with Crippen molar-refractivity contribution >= 4 is 5.82 Å². The monoisotopic (exact) mass is 260 g/mol. The molecule has 0 radical (unpaired) electrons. The highest BCUT2D eigenvalue weighted by atomic mass is 15.1. The number of nitrogens with zero attached hydrogens (tertiary/aromatic N) is 3. The van der Waals surface area contributed by atoms with E-state index in [4.69, 9.17) is 0 Å². The lowest BCUT2D eigenvalue weighted by atomic mass is 10.1. The van der Waals surface area contributed by atoms with Gasteiger partial charge in [0.25, 0.3) is 0 Å². The molecule has 2 heterocycles. The Morgan fingerprint density at radius 2 is 2.16 bits per heavy atom. The molecule has 1 aromatic heterocycles. The van der Waals surface area contributed by atoms with Gasteiger partial charge in [0, 0.05) is 24.3 Å². The molecular formula is C15H24N4. The zero-order valence-corrected chi connectivity index (χ0v) is 11.9. The van der Waals surface area contributed by atoms with Crippen molar-refractivity contribution in [2.75, 3.05) is 32.0 Å². The maximum absolute atomic E-state index is 4.48. The first kappa shape index (κ1) is 12.9. The Bertz CT molecular complexity index is 432. The molecule has 0 amide bonds. The van der Waals surface area contributed by atoms with Gasteiger partial charge in [-0.15, -0.1) is 0 Å². The van der Waals surface area contributed by atoms with E-state index in [1.807, 2.05) is 0 Å². The van der Waals surface area contributed by atoms with Crippen LogP contribution in [0.25, 0.3) is 0 Å². The van der Waals surface area contributed by atoms with Crippen LogP contribution in [0.4, 0.5) is 5.82 Å². The Labute approximate surface area is 115 Å². The summed E-state index contributed by atoms with van der Waals surface area (Å²) in [4.78, 5) is 11.4. The maximum atomic E-state index is 4.48. The number of aromatic nitrogens is 2. The van der Waals surface area contributed by atoms with Crippen molar-refractivity contribution in [1.29, 1.82) is 0 Å². The van der Waals surface area contributed by atoms with E-state index in [1.165, 1.54) is 50.0 Å². The summed E-state index contributed by atoms with van der Waals surface area (Å²) in [7, 11) is 2.21. The summed E-state index contributed by atoms with van der Waals surface area (Å²) < 4.78 is 0. The van der Waals surface area contributed by atoms with Gasteiger partial charge in [0.1, 0.15) is 12.1 Å². The molecule has 1 fully saturated rings. The van der Waals surface area contributed by atoms with Crippen LogP contribution in [-0.4, -0.2) is 41.5 Å². The standard InChI is InChI=1S/C15H24N4/c1-19-8-7-12(10-19)9-16-15-13-5-3-2-4-6-14(13)17-11-18-15/h11-12H,2-10H2,1H3,(H,16,17,18). The van der Waals surface area contributed by atoms with Gasteiger partial charge in [-0.05, 0) is 51.6 Å². The smallest absolute Gasteiger partial charge is 0.132 e. The SMILES string of the molecule is CN1CCC(CNc2ncnc3c2CCCCC3)C1. The molecule has 1 aliphatic carbocycles. The van der Waals surface area contributed by atoms with Gasteiger partial charge in [0.15, 0.2) is 0 Å². The summed E-state index contributed by atoms with van der Waals surface area (Å²) in [6.45, 7) is 3.49. The fraction of sp³-hybridized carbons (Fsp3) is 0.733. The third-order valence-electron chi connectivity index (χ3n) is 4.42. The Kier molecular flexibility index (Phi) is 3.97. The third kappa shape index (κ3) is 3.06. The van der Waals surface area contributed by atoms with Crippen LogP contribution in [0.2, 0.25) is 0 Å². The normalized spacial score (nSPS) is 23.9. The molecule has 1 atom stereocenters. The third-order valence-corrected chi connectivity index (χ3v) is 4.42. The van der Waals surface area contributed by atoms with Gasteiger partial charge in [-0.2, -0.15) is 0 Å². The quantitative estimate of drug-likeness (QED) is 0.845. The van der Waals surface area contributed by atoms with Crippen molar-refractivity contribution in [3.8, 4) is 0 Å². The van der Waals surface area contributed by atoms with E-state index in [0.717, 1.165) is 31.1 Å². The summed E-state index contributed by atoms with van der Waals surface area (Å²) in [6, 6.07) is 0. The molecule has 0 bridgehead atoms. The second-order valence-corrected chi connectivity index (χ2v) is 6.01. The Balaban J connectivity index is 1.67. The zero-order chi connectivity index (χ0) is 13.1. The van der Waals surface area contributed by atoms with Crippen LogP contribution in [0.5, 0.6) is 0 Å². The van der Waals surface area contributed by atoms with Crippen LogP contribution in [0, 0.1) is 5.92 Å². The van der Waals surface area contributed by atoms with E-state index in [2.05, 4.69) is 27.2 Å². The predicted molar refractivity (Wildman–Crippen MR) is 77.4 cm³/mol. The van der Waals surface area contributed by atoms with E-state index >= 15 is 0 Å². The van der Waals surface area contributed by atoms with Gasteiger partial charge in [-0.25, -0.2) is 9.97 Å². The van der Waals surface area contributed by atoms with Gasteiger partial charge in [-0.1, -0.05) is 6.42 Å². The number of hydrogen-bond donors (Lipinski definition) is 1. The number of rotatable bonds is 3. The number of anilines is 1. The van der Waals surface area contributed by atoms with Crippen LogP contribution < -0.4 is 5.32 Å². The first-order valence-electron chi connectivity index (χ1n) is 7.58. The average molecular weight is 260 g/mol. The largest absolute Gasteiger partial charge is 0.369 e. The molecule has 0 spiro atoms. The van der Waals surface area contributed by atoms with Crippen LogP contribution in [0.3, 0.4) is 0 Å². The fourth-order valence-electron chi connectivity index (χ4n) is 3.28. The van der Waals surface area contributed by atoms with Crippen molar-refractivity contribution in [2.45, 2.75) is 38.5 Å². The molecule has 0 aromatic carbocycles. The molecule has 1 saturated heterocycles. The van der Waals surface area contributed by atoms with E-state index in [0.29, 0.717) is 0 Å². The Morgan fingerprint density at radius 1 is 1.26 bits per heavy atom. The number of aryl methyl sites for hydroxylation is 1. The van der Waals surface area contributed by atoms with Crippen molar-refractivity contribution in [3.63, 3.8) is 0 Å². The number of nitrogens with one attached hydrogen (secondary N) is 1. The minimum Gasteiger partial charge on any atom is -0.369 e. The lowest BCUT2D eigenvalue weighted by Crippen LogP contribution is -2.20. The lowest BCUT2D eigenvalue weighted by molar-refractivity contribution is 0.399. The molecule has 2 aliphatic rings. The summed E-state index contributed by atoms with van der Waals surface area (Å²) in [5.74, 6) is 1.86. The number of likely N-dealkylation sites (tertiary alicyclic amines) is 1. The van der Waals surface area contributed by atoms with Gasteiger partial charge in [0.2, 0.25) is 0 Å². The van der Waals surface area contributed by atoms with E-state index in [9.17, 15) is 0 Å². The van der Waals surface area contributed by atoms with Crippen molar-refractivity contribution in [2.24, 2.45) is 5.92 Å². The molecule has 1 aliphatic heterocycles. The predicted octanol–water partition coefficient (Wildman–Crippen LogP) is 2.11. The zero-order valence-electron chi connectivity index (χ0n) is 11.9. The van der Waals surface area contributed by atoms with Gasteiger partial charge >= 0.3 is 0 Å². The highest BCUT2D eigenvalue weighted by Gasteiger charge is 2.20. The molecular weight excluding hydrogens is 236 g/mol. The van der Waals surface area contributed by atoms with Crippen LogP contribution >= 0.6 is 0 Å². The molecule has 1 N–H and O–H groups in total. The minimum atomic E-state index is 0.765. The van der Waals surface area contributed by atoms with Crippen molar-refractivity contribution in [3.05, 3.63) is 17.6 Å². The minimum absolute atomic E-state index is 0.765. The fourth-order valence-corrected chi connectivity index (χ4v) is 3.28.